The van der Waals surface area contributed by atoms with Crippen LogP contribution in [-0.4, -0.2) is 67.5 Å². The van der Waals surface area contributed by atoms with Crippen LogP contribution in [0.5, 0.6) is 5.75 Å². The molecular weight excluding hydrogens is 358 g/mol. The number of likely N-dealkylation sites (tertiary alicyclic amines) is 1. The number of benzene rings is 1. The normalized spacial score (nSPS) is 19.5. The molecule has 0 unspecified atom stereocenters. The first-order valence-corrected chi connectivity index (χ1v) is 9.94. The molecule has 7 nitrogen and oxygen atoms in total. The van der Waals surface area contributed by atoms with E-state index in [4.69, 9.17) is 9.15 Å². The standard InChI is InChI=1S/C21H27N3O4/c1-14-17-4-3-16(27-2)13-18(17)28-20(14)21(26)24-9-5-15(6-10-24)23-11-7-19(25)22-8-12-23/h3-4,13,15H,5-12H2,1-2H3,(H,22,25). The number of piperidine rings is 1. The second-order valence-electron chi connectivity index (χ2n) is 7.58. The van der Waals surface area contributed by atoms with Gasteiger partial charge in [-0.25, -0.2) is 0 Å². The SMILES string of the molecule is COc1ccc2c(C)c(C(=O)N3CCC(N4CCNC(=O)CC4)CC3)oc2c1. The first-order chi connectivity index (χ1) is 13.6. The van der Waals surface area contributed by atoms with Gasteiger partial charge in [-0.15, -0.1) is 0 Å². The average Bonchev–Trinajstić information content (AvgIpc) is 2.89. The summed E-state index contributed by atoms with van der Waals surface area (Å²) in [5.41, 5.74) is 1.55. The smallest absolute Gasteiger partial charge is 0.289 e. The Morgan fingerprint density at radius 3 is 2.75 bits per heavy atom. The number of amides is 2. The minimum atomic E-state index is -0.0428. The van der Waals surface area contributed by atoms with Crippen molar-refractivity contribution in [1.82, 2.24) is 15.1 Å². The van der Waals surface area contributed by atoms with E-state index in [1.54, 1.807) is 7.11 Å². The Morgan fingerprint density at radius 2 is 2.00 bits per heavy atom. The number of hydrogen-bond donors (Lipinski definition) is 1. The lowest BCUT2D eigenvalue weighted by molar-refractivity contribution is -0.120. The fraction of sp³-hybridized carbons (Fsp3) is 0.524. The summed E-state index contributed by atoms with van der Waals surface area (Å²) in [5.74, 6) is 1.23. The molecule has 2 saturated heterocycles. The van der Waals surface area contributed by atoms with E-state index in [0.29, 0.717) is 49.2 Å². The monoisotopic (exact) mass is 385 g/mol. The Labute approximate surface area is 164 Å². The van der Waals surface area contributed by atoms with Crippen molar-refractivity contribution in [2.45, 2.75) is 32.2 Å². The molecule has 2 aliphatic rings. The molecule has 0 aliphatic carbocycles. The van der Waals surface area contributed by atoms with Gasteiger partial charge in [-0.3, -0.25) is 14.5 Å². The van der Waals surface area contributed by atoms with Gasteiger partial charge in [0.2, 0.25) is 5.91 Å². The molecule has 150 valence electrons. The minimum Gasteiger partial charge on any atom is -0.497 e. The predicted molar refractivity (Wildman–Crippen MR) is 106 cm³/mol. The molecule has 0 bridgehead atoms. The van der Waals surface area contributed by atoms with E-state index in [1.165, 1.54) is 0 Å². The fourth-order valence-corrected chi connectivity index (χ4v) is 4.26. The summed E-state index contributed by atoms with van der Waals surface area (Å²) >= 11 is 0. The maximum absolute atomic E-state index is 13.1. The molecular formula is C21H27N3O4. The molecule has 2 amide bonds. The van der Waals surface area contributed by atoms with Crippen LogP contribution < -0.4 is 10.1 Å². The number of nitrogens with zero attached hydrogens (tertiary/aromatic N) is 2. The summed E-state index contributed by atoms with van der Waals surface area (Å²) in [5, 5.41) is 3.87. The van der Waals surface area contributed by atoms with Crippen LogP contribution in [0.25, 0.3) is 11.0 Å². The fourth-order valence-electron chi connectivity index (χ4n) is 4.26. The molecule has 0 radical (unpaired) electrons. The molecule has 1 N–H and O–H groups in total. The number of rotatable bonds is 3. The van der Waals surface area contributed by atoms with E-state index in [-0.39, 0.29) is 11.8 Å². The first-order valence-electron chi connectivity index (χ1n) is 9.94. The number of aryl methyl sites for hydroxylation is 1. The molecule has 1 aromatic heterocycles. The number of carbonyl (C=O) groups excluding carboxylic acids is 2. The van der Waals surface area contributed by atoms with E-state index in [1.807, 2.05) is 30.0 Å². The van der Waals surface area contributed by atoms with E-state index in [2.05, 4.69) is 10.2 Å². The lowest BCUT2D eigenvalue weighted by Gasteiger charge is -2.37. The van der Waals surface area contributed by atoms with Crippen LogP contribution in [-0.2, 0) is 4.79 Å². The van der Waals surface area contributed by atoms with Crippen molar-refractivity contribution >= 4 is 22.8 Å². The van der Waals surface area contributed by atoms with Crippen molar-refractivity contribution in [3.05, 3.63) is 29.5 Å². The number of methoxy groups -OCH3 is 1. The van der Waals surface area contributed by atoms with Crippen molar-refractivity contribution in [1.29, 1.82) is 0 Å². The van der Waals surface area contributed by atoms with Crippen LogP contribution in [0.2, 0.25) is 0 Å². The highest BCUT2D eigenvalue weighted by Gasteiger charge is 2.30. The topological polar surface area (TPSA) is 75.0 Å². The summed E-state index contributed by atoms with van der Waals surface area (Å²) in [4.78, 5) is 28.9. The van der Waals surface area contributed by atoms with Gasteiger partial charge in [0.15, 0.2) is 5.76 Å². The zero-order valence-electron chi connectivity index (χ0n) is 16.5. The molecule has 3 heterocycles. The lowest BCUT2D eigenvalue weighted by atomic mass is 10.0. The molecule has 0 saturated carbocycles. The molecule has 2 fully saturated rings. The second-order valence-corrected chi connectivity index (χ2v) is 7.58. The van der Waals surface area contributed by atoms with Gasteiger partial charge in [-0.1, -0.05) is 0 Å². The number of nitrogens with one attached hydrogen (secondary N) is 1. The van der Waals surface area contributed by atoms with Gasteiger partial charge in [0.1, 0.15) is 11.3 Å². The Bertz CT molecular complexity index is 883. The Hall–Kier alpha value is -2.54. The Morgan fingerprint density at radius 1 is 1.21 bits per heavy atom. The maximum atomic E-state index is 13.1. The van der Waals surface area contributed by atoms with Gasteiger partial charge >= 0.3 is 0 Å². The van der Waals surface area contributed by atoms with Crippen molar-refractivity contribution < 1.29 is 18.7 Å². The third-order valence-corrected chi connectivity index (χ3v) is 5.95. The summed E-state index contributed by atoms with van der Waals surface area (Å²) in [6.45, 7) is 5.74. The van der Waals surface area contributed by atoms with Crippen molar-refractivity contribution in [2.75, 3.05) is 39.8 Å². The highest BCUT2D eigenvalue weighted by molar-refractivity contribution is 5.99. The number of ether oxygens (including phenoxy) is 1. The molecule has 2 aromatic rings. The highest BCUT2D eigenvalue weighted by atomic mass is 16.5. The van der Waals surface area contributed by atoms with Crippen LogP contribution in [0.1, 0.15) is 35.4 Å². The van der Waals surface area contributed by atoms with Crippen LogP contribution in [0.4, 0.5) is 0 Å². The Kier molecular flexibility index (Phi) is 5.26. The van der Waals surface area contributed by atoms with E-state index in [0.717, 1.165) is 36.9 Å². The number of hydrogen-bond acceptors (Lipinski definition) is 5. The maximum Gasteiger partial charge on any atom is 0.289 e. The number of carbonyl (C=O) groups is 2. The predicted octanol–water partition coefficient (Wildman–Crippen LogP) is 2.18. The Balaban J connectivity index is 1.43. The summed E-state index contributed by atoms with van der Waals surface area (Å²) in [7, 11) is 1.61. The molecule has 7 heteroatoms. The highest BCUT2D eigenvalue weighted by Crippen LogP contribution is 2.30. The van der Waals surface area contributed by atoms with Gasteiger partial charge in [0.25, 0.3) is 5.91 Å². The van der Waals surface area contributed by atoms with Crippen molar-refractivity contribution in [3.8, 4) is 5.75 Å². The molecule has 0 spiro atoms. The zero-order valence-corrected chi connectivity index (χ0v) is 16.5. The van der Waals surface area contributed by atoms with Gasteiger partial charge in [0.05, 0.1) is 7.11 Å². The van der Waals surface area contributed by atoms with Crippen LogP contribution >= 0.6 is 0 Å². The second kappa shape index (κ2) is 7.83. The number of furan rings is 1. The third kappa shape index (κ3) is 3.58. The molecule has 28 heavy (non-hydrogen) atoms. The summed E-state index contributed by atoms with van der Waals surface area (Å²) in [6.07, 6.45) is 2.40. The number of fused-ring (bicyclic) bond motifs is 1. The van der Waals surface area contributed by atoms with E-state index < -0.39 is 0 Å². The largest absolute Gasteiger partial charge is 0.497 e. The van der Waals surface area contributed by atoms with E-state index in [9.17, 15) is 9.59 Å². The quantitative estimate of drug-likeness (QED) is 0.877. The van der Waals surface area contributed by atoms with Crippen molar-refractivity contribution in [3.63, 3.8) is 0 Å². The average molecular weight is 385 g/mol. The summed E-state index contributed by atoms with van der Waals surface area (Å²) in [6, 6.07) is 6.06. The van der Waals surface area contributed by atoms with Gasteiger partial charge in [0, 0.05) is 62.2 Å². The third-order valence-electron chi connectivity index (χ3n) is 5.95. The summed E-state index contributed by atoms with van der Waals surface area (Å²) < 4.78 is 11.1. The van der Waals surface area contributed by atoms with E-state index >= 15 is 0 Å². The molecule has 0 atom stereocenters. The van der Waals surface area contributed by atoms with Gasteiger partial charge < -0.3 is 19.4 Å². The molecule has 2 aliphatic heterocycles. The first kappa shape index (κ1) is 18.8. The van der Waals surface area contributed by atoms with Gasteiger partial charge in [-0.2, -0.15) is 0 Å². The lowest BCUT2D eigenvalue weighted by Crippen LogP contribution is -2.47. The van der Waals surface area contributed by atoms with Crippen LogP contribution in [0, 0.1) is 6.92 Å². The van der Waals surface area contributed by atoms with Crippen molar-refractivity contribution in [2.24, 2.45) is 0 Å². The van der Waals surface area contributed by atoms with Crippen LogP contribution in [0.3, 0.4) is 0 Å². The zero-order chi connectivity index (χ0) is 19.7. The molecule has 4 rings (SSSR count). The van der Waals surface area contributed by atoms with Gasteiger partial charge in [-0.05, 0) is 31.9 Å². The molecule has 1 aromatic carbocycles. The minimum absolute atomic E-state index is 0.0428. The van der Waals surface area contributed by atoms with Crippen LogP contribution in [0.15, 0.2) is 22.6 Å².